The summed E-state index contributed by atoms with van der Waals surface area (Å²) in [5.41, 5.74) is -0.858. The summed E-state index contributed by atoms with van der Waals surface area (Å²) in [5.74, 6) is 0.457. The molecule has 1 heterocycles. The Hall–Kier alpha value is -0.0400. The van der Waals surface area contributed by atoms with Gasteiger partial charge in [-0.05, 0) is 41.2 Å². The van der Waals surface area contributed by atoms with Gasteiger partial charge in [0, 0.05) is 12.3 Å². The average molecular weight is 324 g/mol. The molecule has 3 nitrogen and oxygen atoms in total. The molecule has 1 aromatic heterocycles. The molecule has 6 heteroatoms. The van der Waals surface area contributed by atoms with E-state index in [1.165, 1.54) is 11.3 Å². The van der Waals surface area contributed by atoms with Crippen molar-refractivity contribution >= 4 is 44.9 Å². The number of carbonyl (C=O) groups excluding carboxylic acids is 1. The predicted octanol–water partition coefficient (Wildman–Crippen LogP) is 2.35. The number of carbonyl (C=O) groups is 1. The molecule has 0 aromatic carbocycles. The van der Waals surface area contributed by atoms with E-state index in [0.29, 0.717) is 10.6 Å². The average Bonchev–Trinajstić information content (AvgIpc) is 2.61. The largest absolute Gasteiger partial charge is 0.387 e. The fourth-order valence-electron chi connectivity index (χ4n) is 1.16. The topological polar surface area (TPSA) is 49.3 Å². The quantitative estimate of drug-likeness (QED) is 0.874. The van der Waals surface area contributed by atoms with Gasteiger partial charge in [0.15, 0.2) is 0 Å². The molecule has 1 amide bonds. The molecule has 0 aliphatic rings. The molecule has 0 saturated heterocycles. The number of thiophene rings is 1. The van der Waals surface area contributed by atoms with Crippen molar-refractivity contribution in [3.05, 3.63) is 20.8 Å². The lowest BCUT2D eigenvalue weighted by molar-refractivity contribution is 0.0727. The van der Waals surface area contributed by atoms with E-state index >= 15 is 0 Å². The maximum absolute atomic E-state index is 11.7. The van der Waals surface area contributed by atoms with Crippen LogP contribution in [-0.4, -0.2) is 35.2 Å². The first-order valence-corrected chi connectivity index (χ1v) is 7.70. The van der Waals surface area contributed by atoms with Gasteiger partial charge in [-0.2, -0.15) is 11.8 Å². The van der Waals surface area contributed by atoms with Crippen molar-refractivity contribution in [2.24, 2.45) is 0 Å². The number of hydrogen-bond donors (Lipinski definition) is 2. The van der Waals surface area contributed by atoms with Gasteiger partial charge in [0.2, 0.25) is 0 Å². The van der Waals surface area contributed by atoms with E-state index in [4.69, 9.17) is 0 Å². The Labute approximate surface area is 112 Å². The van der Waals surface area contributed by atoms with Crippen LogP contribution in [0, 0.1) is 0 Å². The minimum absolute atomic E-state index is 0.142. The van der Waals surface area contributed by atoms with E-state index in [0.717, 1.165) is 3.79 Å². The van der Waals surface area contributed by atoms with E-state index in [2.05, 4.69) is 21.2 Å². The van der Waals surface area contributed by atoms with Gasteiger partial charge in [-0.15, -0.1) is 11.3 Å². The van der Waals surface area contributed by atoms with Crippen LogP contribution < -0.4 is 5.32 Å². The maximum Gasteiger partial charge on any atom is 0.261 e. The molecule has 0 bridgehead atoms. The lowest BCUT2D eigenvalue weighted by Gasteiger charge is -2.22. The highest BCUT2D eigenvalue weighted by atomic mass is 79.9. The Morgan fingerprint density at radius 3 is 2.88 bits per heavy atom. The minimum Gasteiger partial charge on any atom is -0.387 e. The van der Waals surface area contributed by atoms with Crippen LogP contribution in [0.3, 0.4) is 0 Å². The van der Waals surface area contributed by atoms with E-state index in [-0.39, 0.29) is 12.5 Å². The molecule has 90 valence electrons. The molecule has 1 atom stereocenters. The summed E-state index contributed by atoms with van der Waals surface area (Å²) in [6, 6.07) is 3.59. The second-order valence-corrected chi connectivity index (χ2v) is 7.05. The van der Waals surface area contributed by atoms with Crippen LogP contribution in [0.15, 0.2) is 15.9 Å². The van der Waals surface area contributed by atoms with E-state index in [1.807, 2.05) is 12.3 Å². The fourth-order valence-corrected chi connectivity index (χ4v) is 3.18. The third-order valence-electron chi connectivity index (χ3n) is 1.88. The molecule has 0 radical (unpaired) electrons. The van der Waals surface area contributed by atoms with Crippen molar-refractivity contribution in [1.29, 1.82) is 0 Å². The molecule has 1 rings (SSSR count). The van der Waals surface area contributed by atoms with Gasteiger partial charge in [-0.25, -0.2) is 0 Å². The van der Waals surface area contributed by atoms with Crippen LogP contribution in [0.5, 0.6) is 0 Å². The molecular weight excluding hydrogens is 310 g/mol. The van der Waals surface area contributed by atoms with Crippen molar-refractivity contribution in [1.82, 2.24) is 5.32 Å². The van der Waals surface area contributed by atoms with Crippen molar-refractivity contribution in [3.8, 4) is 0 Å². The number of hydrogen-bond acceptors (Lipinski definition) is 4. The van der Waals surface area contributed by atoms with Crippen LogP contribution in [-0.2, 0) is 0 Å². The Bertz CT molecular complexity index is 365. The van der Waals surface area contributed by atoms with E-state index in [9.17, 15) is 9.90 Å². The number of halogens is 1. The smallest absolute Gasteiger partial charge is 0.261 e. The number of thioether (sulfide) groups is 1. The Morgan fingerprint density at radius 2 is 2.38 bits per heavy atom. The highest BCUT2D eigenvalue weighted by molar-refractivity contribution is 9.11. The lowest BCUT2D eigenvalue weighted by atomic mass is 10.1. The number of nitrogens with one attached hydrogen (secondary N) is 1. The highest BCUT2D eigenvalue weighted by Crippen LogP contribution is 2.22. The first-order valence-electron chi connectivity index (χ1n) is 4.69. The molecule has 1 unspecified atom stereocenters. The van der Waals surface area contributed by atoms with Crippen LogP contribution >= 0.6 is 39.0 Å². The molecule has 1 aromatic rings. The zero-order valence-corrected chi connectivity index (χ0v) is 12.3. The Kier molecular flexibility index (Phi) is 5.30. The van der Waals surface area contributed by atoms with Crippen LogP contribution in [0.2, 0.25) is 0 Å². The summed E-state index contributed by atoms with van der Waals surface area (Å²) in [6.07, 6.45) is 1.92. The predicted molar refractivity (Wildman–Crippen MR) is 73.4 cm³/mol. The normalized spacial score (nSPS) is 14.5. The van der Waals surface area contributed by atoms with Crippen LogP contribution in [0.1, 0.15) is 16.6 Å². The summed E-state index contributed by atoms with van der Waals surface area (Å²) in [6.45, 7) is 1.98. The number of amides is 1. The van der Waals surface area contributed by atoms with Gasteiger partial charge in [-0.3, -0.25) is 4.79 Å². The monoisotopic (exact) mass is 323 g/mol. The Balaban J connectivity index is 2.47. The molecule has 0 fully saturated rings. The first-order chi connectivity index (χ1) is 7.44. The van der Waals surface area contributed by atoms with Gasteiger partial charge in [0.25, 0.3) is 5.91 Å². The first kappa shape index (κ1) is 14.0. The maximum atomic E-state index is 11.7. The fraction of sp³-hybridized carbons (Fsp3) is 0.500. The molecule has 0 spiro atoms. The molecule has 0 saturated carbocycles. The van der Waals surface area contributed by atoms with E-state index in [1.54, 1.807) is 24.8 Å². The highest BCUT2D eigenvalue weighted by Gasteiger charge is 2.21. The van der Waals surface area contributed by atoms with Gasteiger partial charge in [-0.1, -0.05) is 0 Å². The van der Waals surface area contributed by atoms with Crippen molar-refractivity contribution < 1.29 is 9.90 Å². The summed E-state index contributed by atoms with van der Waals surface area (Å²) in [5, 5.41) is 12.6. The molecular formula is C10H14BrNO2S2. The second-order valence-electron chi connectivity index (χ2n) is 3.72. The van der Waals surface area contributed by atoms with Gasteiger partial charge in [0.05, 0.1) is 14.3 Å². The zero-order chi connectivity index (χ0) is 12.2. The Morgan fingerprint density at radius 1 is 1.69 bits per heavy atom. The molecule has 0 aliphatic heterocycles. The lowest BCUT2D eigenvalue weighted by Crippen LogP contribution is -2.42. The third kappa shape index (κ3) is 4.45. The SMILES string of the molecule is CSCC(C)(O)CNC(=O)c1ccc(Br)s1. The second kappa shape index (κ2) is 6.05. The van der Waals surface area contributed by atoms with Gasteiger partial charge >= 0.3 is 0 Å². The molecule has 0 aliphatic carbocycles. The van der Waals surface area contributed by atoms with Crippen molar-refractivity contribution in [3.63, 3.8) is 0 Å². The summed E-state index contributed by atoms with van der Waals surface area (Å²) in [4.78, 5) is 12.3. The standard InChI is InChI=1S/C10H14BrNO2S2/c1-10(14,6-15-2)5-12-9(13)7-3-4-8(11)16-7/h3-4,14H,5-6H2,1-2H3,(H,12,13). The van der Waals surface area contributed by atoms with Gasteiger partial charge < -0.3 is 10.4 Å². The van der Waals surface area contributed by atoms with Crippen molar-refractivity contribution in [2.45, 2.75) is 12.5 Å². The summed E-state index contributed by atoms with van der Waals surface area (Å²) < 4.78 is 0.925. The van der Waals surface area contributed by atoms with Crippen molar-refractivity contribution in [2.75, 3.05) is 18.6 Å². The van der Waals surface area contributed by atoms with Crippen LogP contribution in [0.25, 0.3) is 0 Å². The third-order valence-corrected chi connectivity index (χ3v) is 4.42. The summed E-state index contributed by atoms with van der Waals surface area (Å²) >= 11 is 6.23. The molecule has 16 heavy (non-hydrogen) atoms. The number of rotatable bonds is 5. The van der Waals surface area contributed by atoms with E-state index < -0.39 is 5.60 Å². The minimum atomic E-state index is -0.858. The number of aliphatic hydroxyl groups is 1. The summed E-state index contributed by atoms with van der Waals surface area (Å²) in [7, 11) is 0. The zero-order valence-electron chi connectivity index (χ0n) is 9.12. The van der Waals surface area contributed by atoms with Gasteiger partial charge in [0.1, 0.15) is 0 Å². The van der Waals surface area contributed by atoms with Crippen LogP contribution in [0.4, 0.5) is 0 Å². The molecule has 2 N–H and O–H groups in total.